The zero-order valence-electron chi connectivity index (χ0n) is 10.4. The van der Waals surface area contributed by atoms with Crippen molar-refractivity contribution in [2.75, 3.05) is 0 Å². The lowest BCUT2D eigenvalue weighted by molar-refractivity contribution is -0.134. The molecule has 0 heterocycles. The molecule has 0 aliphatic heterocycles. The average Bonchev–Trinajstić information content (AvgIpc) is 2.40. The topological polar surface area (TPSA) is 67.8 Å². The number of carbonyl (C=O) groups is 1. The molecule has 0 unspecified atom stereocenters. The molecular weight excluding hydrogens is 252 g/mol. The molecule has 0 radical (unpaired) electrons. The van der Waals surface area contributed by atoms with Crippen molar-refractivity contribution in [1.29, 1.82) is 0 Å². The molecule has 0 fully saturated rings. The highest BCUT2D eigenvalue weighted by molar-refractivity contribution is 7.54. The molecule has 1 aromatic rings. The summed E-state index contributed by atoms with van der Waals surface area (Å²) < 4.78 is 14.3. The molecule has 5 nitrogen and oxygen atoms in total. The Hall–Kier alpha value is -1.53. The molecule has 1 rings (SSSR count). The second kappa shape index (κ2) is 7.73. The first-order chi connectivity index (χ1) is 8.72. The van der Waals surface area contributed by atoms with Crippen molar-refractivity contribution in [3.63, 3.8) is 0 Å². The van der Waals surface area contributed by atoms with E-state index in [0.29, 0.717) is 12.1 Å². The molecule has 1 N–H and O–H groups in total. The van der Waals surface area contributed by atoms with E-state index in [0.717, 1.165) is 17.5 Å². The summed E-state index contributed by atoms with van der Waals surface area (Å²) in [7, 11) is 0. The Morgan fingerprint density at radius 2 is 2.22 bits per heavy atom. The lowest BCUT2D eigenvalue weighted by atomic mass is 10.0. The Labute approximate surface area is 110 Å². The number of hydrogen-bond donors (Lipinski definition) is 1. The molecule has 0 aliphatic carbocycles. The SMILES string of the molecule is CCC(=O)NOCc1c(CC)cccc1N=S=O. The lowest BCUT2D eigenvalue weighted by Gasteiger charge is -2.10. The van der Waals surface area contributed by atoms with Crippen LogP contribution in [0.2, 0.25) is 0 Å². The number of hydrogen-bond acceptors (Lipinski definition) is 4. The third kappa shape index (κ3) is 4.05. The fourth-order valence-electron chi connectivity index (χ4n) is 1.51. The van der Waals surface area contributed by atoms with Crippen molar-refractivity contribution < 1.29 is 13.8 Å². The maximum atomic E-state index is 11.1. The highest BCUT2D eigenvalue weighted by atomic mass is 32.1. The van der Waals surface area contributed by atoms with Gasteiger partial charge in [-0.25, -0.2) is 5.48 Å². The van der Waals surface area contributed by atoms with Crippen LogP contribution >= 0.6 is 0 Å². The summed E-state index contributed by atoms with van der Waals surface area (Å²) in [6.07, 6.45) is 1.18. The second-order valence-corrected chi connectivity index (χ2v) is 3.93. The van der Waals surface area contributed by atoms with Gasteiger partial charge >= 0.3 is 0 Å². The molecule has 98 valence electrons. The number of carbonyl (C=O) groups excluding carboxylic acids is 1. The van der Waals surface area contributed by atoms with E-state index in [4.69, 9.17) is 4.84 Å². The largest absolute Gasteiger partial charge is 0.273 e. The summed E-state index contributed by atoms with van der Waals surface area (Å²) in [5.74, 6) is -0.180. The standard InChI is InChI=1S/C12H16N2O3S/c1-3-9-6-5-7-11(14-18-16)10(9)8-17-13-12(15)4-2/h5-7H,3-4,8H2,1-2H3,(H,13,15). The Kier molecular flexibility index (Phi) is 6.24. The summed E-state index contributed by atoms with van der Waals surface area (Å²) in [4.78, 5) is 16.2. The van der Waals surface area contributed by atoms with Gasteiger partial charge in [0.05, 0.1) is 5.69 Å². The van der Waals surface area contributed by atoms with Crippen molar-refractivity contribution >= 4 is 23.1 Å². The lowest BCUT2D eigenvalue weighted by Crippen LogP contribution is -2.22. The molecule has 0 aliphatic rings. The summed E-state index contributed by atoms with van der Waals surface area (Å²) in [6.45, 7) is 3.96. The molecule has 1 aromatic carbocycles. The summed E-state index contributed by atoms with van der Waals surface area (Å²) in [5, 5.41) is 0. The fourth-order valence-corrected chi connectivity index (χ4v) is 1.76. The minimum absolute atomic E-state index is 0.164. The zero-order valence-corrected chi connectivity index (χ0v) is 11.3. The Morgan fingerprint density at radius 1 is 1.44 bits per heavy atom. The van der Waals surface area contributed by atoms with E-state index in [1.807, 2.05) is 19.1 Å². The van der Waals surface area contributed by atoms with Gasteiger partial charge in [-0.2, -0.15) is 8.57 Å². The van der Waals surface area contributed by atoms with Crippen LogP contribution in [0, 0.1) is 0 Å². The van der Waals surface area contributed by atoms with Crippen LogP contribution in [0.4, 0.5) is 5.69 Å². The molecular formula is C12H16N2O3S. The van der Waals surface area contributed by atoms with E-state index in [1.165, 1.54) is 0 Å². The van der Waals surface area contributed by atoms with Crippen LogP contribution in [0.3, 0.4) is 0 Å². The predicted octanol–water partition coefficient (Wildman–Crippen LogP) is 2.23. The Balaban J connectivity index is 2.84. The van der Waals surface area contributed by atoms with Gasteiger partial charge in [0.1, 0.15) is 6.61 Å². The quantitative estimate of drug-likeness (QED) is 0.804. The van der Waals surface area contributed by atoms with Gasteiger partial charge in [0.25, 0.3) is 0 Å². The van der Waals surface area contributed by atoms with E-state index < -0.39 is 0 Å². The van der Waals surface area contributed by atoms with Gasteiger partial charge in [-0.1, -0.05) is 26.0 Å². The third-order valence-electron chi connectivity index (χ3n) is 2.49. The van der Waals surface area contributed by atoms with Gasteiger partial charge in [0.2, 0.25) is 17.4 Å². The molecule has 0 bridgehead atoms. The predicted molar refractivity (Wildman–Crippen MR) is 69.3 cm³/mol. The number of nitrogens with one attached hydrogen (secondary N) is 1. The van der Waals surface area contributed by atoms with E-state index in [2.05, 4.69) is 9.84 Å². The number of nitrogens with zero attached hydrogens (tertiary/aromatic N) is 1. The van der Waals surface area contributed by atoms with Crippen molar-refractivity contribution in [1.82, 2.24) is 5.48 Å². The number of aryl methyl sites for hydroxylation is 1. The number of rotatable bonds is 6. The number of benzene rings is 1. The first-order valence-electron chi connectivity index (χ1n) is 5.74. The van der Waals surface area contributed by atoms with E-state index in [9.17, 15) is 9.00 Å². The van der Waals surface area contributed by atoms with Gasteiger partial charge < -0.3 is 0 Å². The Bertz CT molecular complexity index is 470. The van der Waals surface area contributed by atoms with Crippen LogP contribution in [-0.2, 0) is 34.1 Å². The van der Waals surface area contributed by atoms with Crippen LogP contribution in [0.1, 0.15) is 31.4 Å². The number of hydroxylamine groups is 1. The van der Waals surface area contributed by atoms with Gasteiger partial charge in [-0.3, -0.25) is 9.63 Å². The van der Waals surface area contributed by atoms with Gasteiger partial charge in [-0.15, -0.1) is 0 Å². The van der Waals surface area contributed by atoms with Gasteiger partial charge in [-0.05, 0) is 18.1 Å². The van der Waals surface area contributed by atoms with Crippen molar-refractivity contribution in [2.24, 2.45) is 4.36 Å². The van der Waals surface area contributed by atoms with Crippen molar-refractivity contribution in [3.8, 4) is 0 Å². The average molecular weight is 268 g/mol. The highest BCUT2D eigenvalue weighted by Gasteiger charge is 2.08. The maximum absolute atomic E-state index is 11.1. The Morgan fingerprint density at radius 3 is 2.83 bits per heavy atom. The van der Waals surface area contributed by atoms with E-state index in [1.54, 1.807) is 13.0 Å². The van der Waals surface area contributed by atoms with Crippen molar-refractivity contribution in [2.45, 2.75) is 33.3 Å². The minimum Gasteiger partial charge on any atom is -0.273 e. The van der Waals surface area contributed by atoms with Crippen LogP contribution in [0.5, 0.6) is 0 Å². The van der Waals surface area contributed by atoms with Gasteiger partial charge in [0, 0.05) is 12.0 Å². The third-order valence-corrected chi connectivity index (χ3v) is 2.76. The molecule has 0 spiro atoms. The first-order valence-corrected chi connectivity index (χ1v) is 6.44. The number of amides is 1. The van der Waals surface area contributed by atoms with Crippen LogP contribution in [0.25, 0.3) is 0 Å². The minimum atomic E-state index is -0.180. The maximum Gasteiger partial charge on any atom is 0.243 e. The van der Waals surface area contributed by atoms with Gasteiger partial charge in [0.15, 0.2) is 0 Å². The fraction of sp³-hybridized carbons (Fsp3) is 0.417. The smallest absolute Gasteiger partial charge is 0.243 e. The molecule has 18 heavy (non-hydrogen) atoms. The van der Waals surface area contributed by atoms with E-state index in [-0.39, 0.29) is 24.0 Å². The molecule has 0 aromatic heterocycles. The molecule has 0 saturated carbocycles. The summed E-state index contributed by atoms with van der Waals surface area (Å²) in [5.41, 5.74) is 4.82. The summed E-state index contributed by atoms with van der Waals surface area (Å²) >= 11 is 0.164. The molecule has 0 atom stereocenters. The van der Waals surface area contributed by atoms with E-state index >= 15 is 0 Å². The normalized spacial score (nSPS) is 9.89. The second-order valence-electron chi connectivity index (χ2n) is 3.60. The van der Waals surface area contributed by atoms with Crippen LogP contribution in [0.15, 0.2) is 22.6 Å². The van der Waals surface area contributed by atoms with Crippen LogP contribution in [-0.4, -0.2) is 10.1 Å². The zero-order chi connectivity index (χ0) is 13.4. The molecule has 6 heteroatoms. The van der Waals surface area contributed by atoms with Crippen molar-refractivity contribution in [3.05, 3.63) is 29.3 Å². The highest BCUT2D eigenvalue weighted by Crippen LogP contribution is 2.23. The van der Waals surface area contributed by atoms with Crippen LogP contribution < -0.4 is 5.48 Å². The summed E-state index contributed by atoms with van der Waals surface area (Å²) in [6, 6.07) is 5.56. The molecule has 1 amide bonds. The molecule has 0 saturated heterocycles. The first kappa shape index (κ1) is 14.5. The monoisotopic (exact) mass is 268 g/mol.